The van der Waals surface area contributed by atoms with E-state index in [1.165, 1.54) is 17.8 Å². The molecular weight excluding hydrogens is 150 g/mol. The van der Waals surface area contributed by atoms with Gasteiger partial charge in [-0.1, -0.05) is 0 Å². The van der Waals surface area contributed by atoms with Crippen molar-refractivity contribution in [3.63, 3.8) is 0 Å². The summed E-state index contributed by atoms with van der Waals surface area (Å²) in [4.78, 5) is 8.80. The van der Waals surface area contributed by atoms with E-state index < -0.39 is 0 Å². The molecule has 3 heteroatoms. The van der Waals surface area contributed by atoms with E-state index in [4.69, 9.17) is 0 Å². The van der Waals surface area contributed by atoms with E-state index in [9.17, 15) is 0 Å². The van der Waals surface area contributed by atoms with Gasteiger partial charge in [-0.15, -0.1) is 0 Å². The summed E-state index contributed by atoms with van der Waals surface area (Å²) < 4.78 is 0. The molecule has 1 saturated heterocycles. The maximum absolute atomic E-state index is 4.40. The Bertz CT molecular complexity index is 281. The normalized spacial score (nSPS) is 31.7. The molecule has 1 aliphatic carbocycles. The van der Waals surface area contributed by atoms with E-state index in [2.05, 4.69) is 15.3 Å². The SMILES string of the molecule is c1cnc2c(n1)C1CNC[C@H]2C1. The Balaban J connectivity index is 2.16. The van der Waals surface area contributed by atoms with E-state index in [1.807, 2.05) is 0 Å². The number of nitrogens with one attached hydrogen (secondary N) is 1. The van der Waals surface area contributed by atoms with Gasteiger partial charge >= 0.3 is 0 Å². The Morgan fingerprint density at radius 2 is 1.67 bits per heavy atom. The standard InChI is InChI=1S/C9H11N3/c1-2-12-9-7-3-6(4-10-5-7)8(9)11-1/h1-2,6-7,10H,3-5H2/t6-,7?/m1/s1. The number of piperidine rings is 1. The summed E-state index contributed by atoms with van der Waals surface area (Å²) in [7, 11) is 0. The fourth-order valence-corrected chi connectivity index (χ4v) is 2.35. The van der Waals surface area contributed by atoms with Crippen LogP contribution >= 0.6 is 0 Å². The van der Waals surface area contributed by atoms with Gasteiger partial charge in [0.25, 0.3) is 0 Å². The molecule has 12 heavy (non-hydrogen) atoms. The zero-order valence-corrected chi connectivity index (χ0v) is 6.83. The summed E-state index contributed by atoms with van der Waals surface area (Å²) in [5.41, 5.74) is 2.49. The van der Waals surface area contributed by atoms with Crippen LogP contribution in [-0.2, 0) is 0 Å². The van der Waals surface area contributed by atoms with Crippen molar-refractivity contribution in [2.24, 2.45) is 0 Å². The summed E-state index contributed by atoms with van der Waals surface area (Å²) in [6.07, 6.45) is 4.87. The van der Waals surface area contributed by atoms with Crippen LogP contribution in [0.2, 0.25) is 0 Å². The maximum atomic E-state index is 4.40. The number of aromatic nitrogens is 2. The molecule has 2 heterocycles. The molecule has 2 atom stereocenters. The molecule has 2 bridgehead atoms. The van der Waals surface area contributed by atoms with Crippen molar-refractivity contribution in [2.45, 2.75) is 18.3 Å². The highest BCUT2D eigenvalue weighted by atomic mass is 14.9. The third-order valence-corrected chi connectivity index (χ3v) is 2.88. The topological polar surface area (TPSA) is 37.8 Å². The van der Waals surface area contributed by atoms with Crippen molar-refractivity contribution in [1.29, 1.82) is 0 Å². The third-order valence-electron chi connectivity index (χ3n) is 2.88. The Kier molecular flexibility index (Phi) is 1.23. The van der Waals surface area contributed by atoms with Crippen LogP contribution in [0.3, 0.4) is 0 Å². The lowest BCUT2D eigenvalue weighted by Gasteiger charge is -2.18. The molecule has 0 amide bonds. The van der Waals surface area contributed by atoms with Crippen LogP contribution in [0.5, 0.6) is 0 Å². The zero-order chi connectivity index (χ0) is 7.97. The first-order valence-corrected chi connectivity index (χ1v) is 4.46. The highest BCUT2D eigenvalue weighted by Crippen LogP contribution is 2.40. The van der Waals surface area contributed by atoms with Gasteiger partial charge in [0.05, 0.1) is 11.4 Å². The van der Waals surface area contributed by atoms with Gasteiger partial charge in [-0.25, -0.2) is 0 Å². The van der Waals surface area contributed by atoms with Crippen LogP contribution < -0.4 is 5.32 Å². The van der Waals surface area contributed by atoms with E-state index >= 15 is 0 Å². The molecule has 1 aliphatic heterocycles. The molecule has 1 aromatic rings. The lowest BCUT2D eigenvalue weighted by molar-refractivity contribution is 0.449. The molecule has 1 fully saturated rings. The lowest BCUT2D eigenvalue weighted by atomic mass is 9.99. The van der Waals surface area contributed by atoms with E-state index in [0.29, 0.717) is 11.8 Å². The number of hydrogen-bond acceptors (Lipinski definition) is 3. The first-order valence-electron chi connectivity index (χ1n) is 4.46. The van der Waals surface area contributed by atoms with Gasteiger partial charge in [-0.05, 0) is 6.42 Å². The summed E-state index contributed by atoms with van der Waals surface area (Å²) in [5.74, 6) is 1.26. The van der Waals surface area contributed by atoms with Crippen LogP contribution in [0.25, 0.3) is 0 Å². The number of fused-ring (bicyclic) bond motifs is 5. The molecule has 0 radical (unpaired) electrons. The first-order chi connectivity index (χ1) is 5.95. The van der Waals surface area contributed by atoms with Crippen molar-refractivity contribution in [1.82, 2.24) is 15.3 Å². The number of hydrogen-bond donors (Lipinski definition) is 1. The van der Waals surface area contributed by atoms with Gasteiger partial charge in [-0.2, -0.15) is 0 Å². The molecule has 62 valence electrons. The molecule has 3 nitrogen and oxygen atoms in total. The molecule has 1 unspecified atom stereocenters. The van der Waals surface area contributed by atoms with Gasteiger partial charge in [-0.3, -0.25) is 9.97 Å². The second-order valence-corrected chi connectivity index (χ2v) is 3.61. The molecule has 0 saturated carbocycles. The molecule has 1 N–H and O–H groups in total. The monoisotopic (exact) mass is 161 g/mol. The van der Waals surface area contributed by atoms with Crippen LogP contribution in [0.15, 0.2) is 12.4 Å². The molecule has 3 rings (SSSR count). The molecule has 2 aliphatic rings. The number of rotatable bonds is 0. The van der Waals surface area contributed by atoms with Crippen molar-refractivity contribution in [3.05, 3.63) is 23.8 Å². The Hall–Kier alpha value is -0.960. The largest absolute Gasteiger partial charge is 0.315 e. The molecule has 0 aromatic carbocycles. The van der Waals surface area contributed by atoms with Crippen molar-refractivity contribution in [3.8, 4) is 0 Å². The van der Waals surface area contributed by atoms with E-state index in [-0.39, 0.29) is 0 Å². The fraction of sp³-hybridized carbons (Fsp3) is 0.556. The second kappa shape index (κ2) is 2.26. The smallest absolute Gasteiger partial charge is 0.0665 e. The average molecular weight is 161 g/mol. The quantitative estimate of drug-likeness (QED) is 0.607. The van der Waals surface area contributed by atoms with Gasteiger partial charge < -0.3 is 5.32 Å². The predicted octanol–water partition coefficient (Wildman–Crippen LogP) is 0.651. The maximum Gasteiger partial charge on any atom is 0.0665 e. The van der Waals surface area contributed by atoms with Gasteiger partial charge in [0.15, 0.2) is 0 Å². The third kappa shape index (κ3) is 0.743. The van der Waals surface area contributed by atoms with Gasteiger partial charge in [0, 0.05) is 37.3 Å². The molecule has 0 spiro atoms. The first kappa shape index (κ1) is 6.54. The van der Waals surface area contributed by atoms with Gasteiger partial charge in [0.2, 0.25) is 0 Å². The average Bonchev–Trinajstić information content (AvgIpc) is 2.41. The molecular formula is C9H11N3. The van der Waals surface area contributed by atoms with Crippen LogP contribution in [-0.4, -0.2) is 23.1 Å². The Morgan fingerprint density at radius 3 is 2.25 bits per heavy atom. The summed E-state index contributed by atoms with van der Waals surface area (Å²) in [6.45, 7) is 2.17. The lowest BCUT2D eigenvalue weighted by Crippen LogP contribution is -2.28. The zero-order valence-electron chi connectivity index (χ0n) is 6.83. The van der Waals surface area contributed by atoms with Crippen molar-refractivity contribution >= 4 is 0 Å². The van der Waals surface area contributed by atoms with Crippen LogP contribution in [0.1, 0.15) is 29.6 Å². The van der Waals surface area contributed by atoms with Crippen molar-refractivity contribution < 1.29 is 0 Å². The van der Waals surface area contributed by atoms with E-state index in [0.717, 1.165) is 13.1 Å². The van der Waals surface area contributed by atoms with Gasteiger partial charge in [0.1, 0.15) is 0 Å². The minimum atomic E-state index is 0.632. The Labute approximate surface area is 71.2 Å². The highest BCUT2D eigenvalue weighted by molar-refractivity contribution is 5.29. The minimum Gasteiger partial charge on any atom is -0.315 e. The number of nitrogens with zero attached hydrogens (tertiary/aromatic N) is 2. The molecule has 1 aromatic heterocycles. The van der Waals surface area contributed by atoms with Crippen LogP contribution in [0.4, 0.5) is 0 Å². The highest BCUT2D eigenvalue weighted by Gasteiger charge is 2.35. The second-order valence-electron chi connectivity index (χ2n) is 3.61. The predicted molar refractivity (Wildman–Crippen MR) is 45.0 cm³/mol. The summed E-state index contributed by atoms with van der Waals surface area (Å²) in [5, 5.41) is 3.41. The summed E-state index contributed by atoms with van der Waals surface area (Å²) >= 11 is 0. The Morgan fingerprint density at radius 1 is 1.08 bits per heavy atom. The van der Waals surface area contributed by atoms with Crippen LogP contribution in [0, 0.1) is 0 Å². The summed E-state index contributed by atoms with van der Waals surface area (Å²) in [6, 6.07) is 0. The fourth-order valence-electron chi connectivity index (χ4n) is 2.35. The minimum absolute atomic E-state index is 0.632. The van der Waals surface area contributed by atoms with E-state index in [1.54, 1.807) is 12.4 Å². The van der Waals surface area contributed by atoms with Crippen molar-refractivity contribution in [2.75, 3.05) is 13.1 Å².